The average Bonchev–Trinajstić information content (AvgIpc) is 2.80. The largest absolute Gasteiger partial charge is 0.396 e. The van der Waals surface area contributed by atoms with Crippen molar-refractivity contribution in [3.63, 3.8) is 0 Å². The predicted molar refractivity (Wildman–Crippen MR) is 65.0 cm³/mol. The quantitative estimate of drug-likeness (QED) is 0.876. The molecule has 4 nitrogen and oxygen atoms in total. The van der Waals surface area contributed by atoms with Crippen LogP contribution in [0.25, 0.3) is 0 Å². The lowest BCUT2D eigenvalue weighted by molar-refractivity contribution is 0.259. The fourth-order valence-corrected chi connectivity index (χ4v) is 3.73. The minimum atomic E-state index is -3.34. The number of hydrogen-bond donors (Lipinski definition) is 1. The Kier molecular flexibility index (Phi) is 3.81. The lowest BCUT2D eigenvalue weighted by atomic mass is 10.1. The SMILES string of the molecule is O=S(=O)(c1ccccc1)N1CCC(CCO)C1. The molecule has 1 aliphatic heterocycles. The highest BCUT2D eigenvalue weighted by Gasteiger charge is 2.31. The molecule has 1 heterocycles. The van der Waals surface area contributed by atoms with Crippen LogP contribution in [0.5, 0.6) is 0 Å². The van der Waals surface area contributed by atoms with Gasteiger partial charge in [0, 0.05) is 19.7 Å². The van der Waals surface area contributed by atoms with Gasteiger partial charge < -0.3 is 5.11 Å². The summed E-state index contributed by atoms with van der Waals surface area (Å²) in [5.41, 5.74) is 0. The van der Waals surface area contributed by atoms with Crippen molar-refractivity contribution in [3.05, 3.63) is 30.3 Å². The van der Waals surface area contributed by atoms with Crippen molar-refractivity contribution in [1.29, 1.82) is 0 Å². The molecular weight excluding hydrogens is 238 g/mol. The first kappa shape index (κ1) is 12.5. The first-order valence-corrected chi connectivity index (χ1v) is 7.24. The first-order chi connectivity index (χ1) is 8.14. The van der Waals surface area contributed by atoms with E-state index in [1.165, 1.54) is 4.31 Å². The Morgan fingerprint density at radius 1 is 1.29 bits per heavy atom. The number of sulfonamides is 1. The van der Waals surface area contributed by atoms with Crippen LogP contribution in [0.2, 0.25) is 0 Å². The van der Waals surface area contributed by atoms with E-state index in [-0.39, 0.29) is 6.61 Å². The molecule has 0 aromatic heterocycles. The van der Waals surface area contributed by atoms with Crippen LogP contribution in [-0.2, 0) is 10.0 Å². The van der Waals surface area contributed by atoms with Gasteiger partial charge in [-0.3, -0.25) is 0 Å². The van der Waals surface area contributed by atoms with Gasteiger partial charge in [-0.05, 0) is 30.9 Å². The molecule has 0 amide bonds. The Hall–Kier alpha value is -0.910. The Morgan fingerprint density at radius 2 is 2.00 bits per heavy atom. The smallest absolute Gasteiger partial charge is 0.243 e. The second kappa shape index (κ2) is 5.16. The number of aliphatic hydroxyl groups excluding tert-OH is 1. The lowest BCUT2D eigenvalue weighted by Crippen LogP contribution is -2.28. The summed E-state index contributed by atoms with van der Waals surface area (Å²) in [4.78, 5) is 0.352. The van der Waals surface area contributed by atoms with Crippen molar-refractivity contribution < 1.29 is 13.5 Å². The second-order valence-electron chi connectivity index (χ2n) is 4.34. The monoisotopic (exact) mass is 255 g/mol. The van der Waals surface area contributed by atoms with Crippen molar-refractivity contribution in [3.8, 4) is 0 Å². The maximum atomic E-state index is 12.2. The number of hydrogen-bond acceptors (Lipinski definition) is 3. The molecule has 1 atom stereocenters. The minimum absolute atomic E-state index is 0.129. The van der Waals surface area contributed by atoms with E-state index in [0.717, 1.165) is 6.42 Å². The molecular formula is C12H17NO3S. The number of nitrogens with zero attached hydrogens (tertiary/aromatic N) is 1. The third-order valence-corrected chi connectivity index (χ3v) is 5.05. The molecule has 0 aliphatic carbocycles. The Morgan fingerprint density at radius 3 is 2.65 bits per heavy atom. The van der Waals surface area contributed by atoms with Crippen LogP contribution in [0.15, 0.2) is 35.2 Å². The molecule has 0 spiro atoms. The second-order valence-corrected chi connectivity index (χ2v) is 6.28. The van der Waals surface area contributed by atoms with E-state index >= 15 is 0 Å². The predicted octanol–water partition coefficient (Wildman–Crippen LogP) is 1.08. The summed E-state index contributed by atoms with van der Waals surface area (Å²) in [5, 5.41) is 8.86. The third-order valence-electron chi connectivity index (χ3n) is 3.17. The summed E-state index contributed by atoms with van der Waals surface area (Å²) in [6.45, 7) is 1.21. The molecule has 2 rings (SSSR count). The standard InChI is InChI=1S/C12H17NO3S/c14-9-7-11-6-8-13(10-11)17(15,16)12-4-2-1-3-5-12/h1-5,11,14H,6-10H2. The normalized spacial score (nSPS) is 21.8. The molecule has 1 aliphatic rings. The molecule has 5 heteroatoms. The van der Waals surface area contributed by atoms with Crippen molar-refractivity contribution in [2.24, 2.45) is 5.92 Å². The third kappa shape index (κ3) is 2.68. The summed E-state index contributed by atoms with van der Waals surface area (Å²) in [5.74, 6) is 0.290. The molecule has 1 aromatic carbocycles. The van der Waals surface area contributed by atoms with Gasteiger partial charge in [-0.2, -0.15) is 4.31 Å². The molecule has 1 aromatic rings. The molecule has 0 saturated carbocycles. The zero-order chi connectivity index (χ0) is 12.3. The van der Waals surface area contributed by atoms with Crippen molar-refractivity contribution in [2.75, 3.05) is 19.7 Å². The van der Waals surface area contributed by atoms with Crippen LogP contribution < -0.4 is 0 Å². The van der Waals surface area contributed by atoms with Crippen LogP contribution in [-0.4, -0.2) is 37.5 Å². The lowest BCUT2D eigenvalue weighted by Gasteiger charge is -2.16. The molecule has 94 valence electrons. The van der Waals surface area contributed by atoms with E-state index in [0.29, 0.717) is 30.3 Å². The van der Waals surface area contributed by atoms with E-state index in [1.807, 2.05) is 0 Å². The summed E-state index contributed by atoms with van der Waals surface area (Å²) in [6, 6.07) is 8.50. The number of benzene rings is 1. The van der Waals surface area contributed by atoms with Gasteiger partial charge in [0.15, 0.2) is 0 Å². The topological polar surface area (TPSA) is 57.6 Å². The summed E-state index contributed by atoms with van der Waals surface area (Å²) < 4.78 is 26.0. The zero-order valence-electron chi connectivity index (χ0n) is 9.62. The van der Waals surface area contributed by atoms with E-state index in [2.05, 4.69) is 0 Å². The van der Waals surface area contributed by atoms with E-state index in [4.69, 9.17) is 5.11 Å². The fourth-order valence-electron chi connectivity index (χ4n) is 2.18. The molecule has 1 N–H and O–H groups in total. The van der Waals surface area contributed by atoms with Gasteiger partial charge in [0.2, 0.25) is 10.0 Å². The zero-order valence-corrected chi connectivity index (χ0v) is 10.4. The molecule has 1 saturated heterocycles. The van der Waals surface area contributed by atoms with Crippen LogP contribution in [0, 0.1) is 5.92 Å². The van der Waals surface area contributed by atoms with Gasteiger partial charge in [-0.25, -0.2) is 8.42 Å². The van der Waals surface area contributed by atoms with Crippen LogP contribution in [0.4, 0.5) is 0 Å². The highest BCUT2D eigenvalue weighted by molar-refractivity contribution is 7.89. The maximum Gasteiger partial charge on any atom is 0.243 e. The van der Waals surface area contributed by atoms with Gasteiger partial charge in [-0.1, -0.05) is 18.2 Å². The van der Waals surface area contributed by atoms with Gasteiger partial charge in [0.1, 0.15) is 0 Å². The van der Waals surface area contributed by atoms with Crippen LogP contribution in [0.3, 0.4) is 0 Å². The van der Waals surface area contributed by atoms with Gasteiger partial charge in [0.05, 0.1) is 4.90 Å². The molecule has 17 heavy (non-hydrogen) atoms. The highest BCUT2D eigenvalue weighted by atomic mass is 32.2. The Balaban J connectivity index is 2.13. The maximum absolute atomic E-state index is 12.2. The van der Waals surface area contributed by atoms with E-state index < -0.39 is 10.0 Å². The first-order valence-electron chi connectivity index (χ1n) is 5.80. The number of rotatable bonds is 4. The van der Waals surface area contributed by atoms with Gasteiger partial charge in [-0.15, -0.1) is 0 Å². The van der Waals surface area contributed by atoms with Crippen LogP contribution >= 0.6 is 0 Å². The van der Waals surface area contributed by atoms with Crippen LogP contribution in [0.1, 0.15) is 12.8 Å². The summed E-state index contributed by atoms with van der Waals surface area (Å²) in [7, 11) is -3.34. The number of aliphatic hydroxyl groups is 1. The molecule has 1 unspecified atom stereocenters. The summed E-state index contributed by atoms with van der Waals surface area (Å²) in [6.07, 6.45) is 1.52. The Bertz CT molecular complexity index is 458. The highest BCUT2D eigenvalue weighted by Crippen LogP contribution is 2.25. The van der Waals surface area contributed by atoms with Gasteiger partial charge >= 0.3 is 0 Å². The van der Waals surface area contributed by atoms with E-state index in [9.17, 15) is 8.42 Å². The minimum Gasteiger partial charge on any atom is -0.396 e. The Labute approximate surface area is 102 Å². The van der Waals surface area contributed by atoms with Crippen molar-refractivity contribution in [1.82, 2.24) is 4.31 Å². The molecule has 0 radical (unpaired) electrons. The van der Waals surface area contributed by atoms with Crippen molar-refractivity contribution in [2.45, 2.75) is 17.7 Å². The molecule has 1 fully saturated rings. The average molecular weight is 255 g/mol. The fraction of sp³-hybridized carbons (Fsp3) is 0.500. The van der Waals surface area contributed by atoms with E-state index in [1.54, 1.807) is 30.3 Å². The molecule has 0 bridgehead atoms. The van der Waals surface area contributed by atoms with Gasteiger partial charge in [0.25, 0.3) is 0 Å². The summed E-state index contributed by atoms with van der Waals surface area (Å²) >= 11 is 0. The van der Waals surface area contributed by atoms with Crippen molar-refractivity contribution >= 4 is 10.0 Å².